The number of ether oxygens (including phenoxy) is 4. The summed E-state index contributed by atoms with van der Waals surface area (Å²) >= 11 is 0. The van der Waals surface area contributed by atoms with Crippen LogP contribution in [0.15, 0.2) is 12.2 Å². The van der Waals surface area contributed by atoms with Gasteiger partial charge in [-0.25, -0.2) is 0 Å². The molecular formula is C40H67NO8. The molecule has 2 N–H and O–H groups in total. The first-order chi connectivity index (χ1) is 23.7. The highest BCUT2D eigenvalue weighted by atomic mass is 16.7. The van der Waals surface area contributed by atoms with Crippen molar-refractivity contribution in [3.63, 3.8) is 0 Å². The Labute approximate surface area is 296 Å². The van der Waals surface area contributed by atoms with Crippen molar-refractivity contribution in [2.24, 2.45) is 29.6 Å². The first kappa shape index (κ1) is 40.1. The fraction of sp³-hybridized carbons (Fsp3) is 0.875. The zero-order valence-corrected chi connectivity index (χ0v) is 30.8. The van der Waals surface area contributed by atoms with Gasteiger partial charge >= 0.3 is 0 Å². The van der Waals surface area contributed by atoms with Crippen LogP contribution in [-0.2, 0) is 33.3 Å². The molecule has 0 aromatic rings. The monoisotopic (exact) mass is 689 g/mol. The lowest BCUT2D eigenvalue weighted by Gasteiger charge is -2.31. The Balaban J connectivity index is 1.39. The number of Topliss-reactive ketones (excluding diaryl/α,β-unsaturated/α-hetero) is 2. The molecule has 9 nitrogen and oxygen atoms in total. The predicted octanol–water partition coefficient (Wildman–Crippen LogP) is 7.22. The standard InChI is InChI=1S/C40H67NO8/c1-4-5-12-29-17-18-30(24-29)36(48-39-15-8-10-21-46-39)20-19-33-34(35(44)26-37(33)49-40-16-9-11-22-47-40)25-32(43)13-6-7-14-38(45)41-31(27-42)23-28(2)3/h19-20,28-31,33-34,36-37,39-40,42H,4-18,21-27H2,1-3H3,(H,41,45)/t29-,30-,31-,33+,34+,36-,37+,39?,40?/m0/s1. The van der Waals surface area contributed by atoms with Crippen LogP contribution in [0.1, 0.15) is 143 Å². The lowest BCUT2D eigenvalue weighted by molar-refractivity contribution is -0.193. The SMILES string of the molecule is CCCC[C@H]1CC[C@H]([C@H](C=C[C@H]2[C@H](OC3CCCCO3)CC(=O)[C@@H]2CC(=O)CCCCC(=O)N[C@H](CO)CC(C)C)OC2CCCCO2)C1. The number of carbonyl (C=O) groups is 3. The van der Waals surface area contributed by atoms with Crippen LogP contribution in [0.5, 0.6) is 0 Å². The first-order valence-electron chi connectivity index (χ1n) is 19.9. The van der Waals surface area contributed by atoms with Gasteiger partial charge in [-0.15, -0.1) is 0 Å². The molecule has 2 saturated carbocycles. The van der Waals surface area contributed by atoms with Gasteiger partial charge in [0.25, 0.3) is 0 Å². The molecule has 1 amide bonds. The third-order valence-electron chi connectivity index (χ3n) is 11.1. The number of rotatable bonds is 21. The van der Waals surface area contributed by atoms with Crippen LogP contribution in [0.4, 0.5) is 0 Å². The van der Waals surface area contributed by atoms with Gasteiger partial charge in [-0.1, -0.05) is 58.6 Å². The first-order valence-corrected chi connectivity index (χ1v) is 19.9. The fourth-order valence-electron chi connectivity index (χ4n) is 8.34. The Hall–Kier alpha value is -1.65. The maximum Gasteiger partial charge on any atom is 0.220 e. The van der Waals surface area contributed by atoms with E-state index in [1.807, 2.05) is 0 Å². The maximum absolute atomic E-state index is 13.5. The zero-order chi connectivity index (χ0) is 35.0. The van der Waals surface area contributed by atoms with Crippen molar-refractivity contribution in [3.05, 3.63) is 12.2 Å². The van der Waals surface area contributed by atoms with E-state index in [0.717, 1.165) is 70.3 Å². The van der Waals surface area contributed by atoms with Crippen LogP contribution in [0.2, 0.25) is 0 Å². The van der Waals surface area contributed by atoms with E-state index in [1.165, 1.54) is 25.7 Å². The minimum Gasteiger partial charge on any atom is -0.394 e. The molecule has 4 rings (SSSR count). The molecule has 49 heavy (non-hydrogen) atoms. The van der Waals surface area contributed by atoms with E-state index in [-0.39, 0.29) is 73.7 Å². The molecule has 2 unspecified atom stereocenters. The Morgan fingerprint density at radius 2 is 1.71 bits per heavy atom. The number of aliphatic hydroxyl groups excluding tert-OH is 1. The van der Waals surface area contributed by atoms with Crippen molar-refractivity contribution in [2.45, 2.75) is 174 Å². The van der Waals surface area contributed by atoms with Crippen LogP contribution in [0.25, 0.3) is 0 Å². The van der Waals surface area contributed by atoms with E-state index < -0.39 is 5.92 Å². The van der Waals surface area contributed by atoms with E-state index >= 15 is 0 Å². The molecule has 280 valence electrons. The van der Waals surface area contributed by atoms with E-state index in [1.54, 1.807) is 0 Å². The number of hydrogen-bond donors (Lipinski definition) is 2. The molecule has 0 radical (unpaired) electrons. The summed E-state index contributed by atoms with van der Waals surface area (Å²) in [6.45, 7) is 7.70. The maximum atomic E-state index is 13.5. The quantitative estimate of drug-likeness (QED) is 0.0958. The third kappa shape index (κ3) is 13.8. The Bertz CT molecular complexity index is 1020. The summed E-state index contributed by atoms with van der Waals surface area (Å²) in [6, 6.07) is -0.238. The van der Waals surface area contributed by atoms with Gasteiger partial charge in [0.05, 0.1) is 24.9 Å². The molecule has 0 spiro atoms. The second-order valence-corrected chi connectivity index (χ2v) is 15.7. The number of carbonyl (C=O) groups excluding carboxylic acids is 3. The summed E-state index contributed by atoms with van der Waals surface area (Å²) in [7, 11) is 0. The smallest absolute Gasteiger partial charge is 0.220 e. The van der Waals surface area contributed by atoms with E-state index in [2.05, 4.69) is 38.2 Å². The summed E-state index contributed by atoms with van der Waals surface area (Å²) in [4.78, 5) is 39.2. The van der Waals surface area contributed by atoms with Gasteiger partial charge in [0.15, 0.2) is 12.6 Å². The van der Waals surface area contributed by atoms with Gasteiger partial charge in [-0.05, 0) is 88.4 Å². The fourth-order valence-corrected chi connectivity index (χ4v) is 8.34. The topological polar surface area (TPSA) is 120 Å². The molecule has 4 fully saturated rings. The molecule has 0 bridgehead atoms. The average Bonchev–Trinajstić information content (AvgIpc) is 3.68. The largest absolute Gasteiger partial charge is 0.394 e. The van der Waals surface area contributed by atoms with Crippen molar-refractivity contribution in [2.75, 3.05) is 19.8 Å². The number of nitrogens with one attached hydrogen (secondary N) is 1. The molecule has 4 aliphatic rings. The van der Waals surface area contributed by atoms with Gasteiger partial charge in [0, 0.05) is 50.7 Å². The van der Waals surface area contributed by atoms with E-state index in [0.29, 0.717) is 44.1 Å². The Morgan fingerprint density at radius 1 is 0.980 bits per heavy atom. The molecule has 0 aromatic carbocycles. The van der Waals surface area contributed by atoms with Gasteiger partial charge in [0.2, 0.25) is 5.91 Å². The number of unbranched alkanes of at least 4 members (excludes halogenated alkanes) is 2. The molecule has 2 aliphatic heterocycles. The molecule has 9 atom stereocenters. The van der Waals surface area contributed by atoms with Crippen molar-refractivity contribution in [3.8, 4) is 0 Å². The van der Waals surface area contributed by atoms with Crippen molar-refractivity contribution < 1.29 is 38.4 Å². The van der Waals surface area contributed by atoms with Crippen LogP contribution >= 0.6 is 0 Å². The molecular weight excluding hydrogens is 622 g/mol. The highest BCUT2D eigenvalue weighted by Crippen LogP contribution is 2.41. The highest BCUT2D eigenvalue weighted by molar-refractivity contribution is 5.90. The van der Waals surface area contributed by atoms with Crippen molar-refractivity contribution >= 4 is 17.5 Å². The summed E-state index contributed by atoms with van der Waals surface area (Å²) < 4.78 is 25.1. The van der Waals surface area contributed by atoms with Crippen LogP contribution in [0, 0.1) is 29.6 Å². The second kappa shape index (κ2) is 21.7. The normalized spacial score (nSPS) is 30.6. The summed E-state index contributed by atoms with van der Waals surface area (Å²) in [5.41, 5.74) is 0. The lowest BCUT2D eigenvalue weighted by atomic mass is 9.87. The average molecular weight is 690 g/mol. The Morgan fingerprint density at radius 3 is 2.39 bits per heavy atom. The molecule has 9 heteroatoms. The molecule has 2 heterocycles. The number of ketones is 2. The minimum atomic E-state index is -0.436. The van der Waals surface area contributed by atoms with Gasteiger partial charge in [-0.2, -0.15) is 0 Å². The van der Waals surface area contributed by atoms with Gasteiger partial charge in [-0.3, -0.25) is 14.4 Å². The van der Waals surface area contributed by atoms with Crippen LogP contribution < -0.4 is 5.32 Å². The van der Waals surface area contributed by atoms with Gasteiger partial charge < -0.3 is 29.4 Å². The summed E-state index contributed by atoms with van der Waals surface area (Å²) in [5.74, 6) is 0.905. The minimum absolute atomic E-state index is 0.0535. The predicted molar refractivity (Wildman–Crippen MR) is 190 cm³/mol. The molecule has 2 aliphatic carbocycles. The molecule has 0 aromatic heterocycles. The van der Waals surface area contributed by atoms with Gasteiger partial charge in [0.1, 0.15) is 11.6 Å². The number of aliphatic hydroxyl groups is 1. The number of hydrogen-bond acceptors (Lipinski definition) is 8. The summed E-state index contributed by atoms with van der Waals surface area (Å²) in [6.07, 6.45) is 19.7. The lowest BCUT2D eigenvalue weighted by Crippen LogP contribution is -2.38. The van der Waals surface area contributed by atoms with Crippen molar-refractivity contribution in [1.29, 1.82) is 0 Å². The summed E-state index contributed by atoms with van der Waals surface area (Å²) in [5, 5.41) is 12.5. The second-order valence-electron chi connectivity index (χ2n) is 15.7. The third-order valence-corrected chi connectivity index (χ3v) is 11.1. The van der Waals surface area contributed by atoms with E-state index in [4.69, 9.17) is 18.9 Å². The van der Waals surface area contributed by atoms with E-state index in [9.17, 15) is 19.5 Å². The van der Waals surface area contributed by atoms with Crippen LogP contribution in [0.3, 0.4) is 0 Å². The molecule has 2 saturated heterocycles. The highest BCUT2D eigenvalue weighted by Gasteiger charge is 2.44. The zero-order valence-electron chi connectivity index (χ0n) is 30.8. The van der Waals surface area contributed by atoms with Crippen LogP contribution in [-0.4, -0.2) is 73.2 Å². The van der Waals surface area contributed by atoms with Crippen molar-refractivity contribution in [1.82, 2.24) is 5.32 Å². The Kier molecular flexibility index (Phi) is 17.7. The number of amides is 1.